The van der Waals surface area contributed by atoms with Crippen LogP contribution in [0.1, 0.15) is 39.4 Å². The third kappa shape index (κ3) is 3.35. The van der Waals surface area contributed by atoms with Gasteiger partial charge < -0.3 is 9.64 Å². The van der Waals surface area contributed by atoms with Gasteiger partial charge in [-0.05, 0) is 37.3 Å². The summed E-state index contributed by atoms with van der Waals surface area (Å²) in [5, 5.41) is 0. The predicted molar refractivity (Wildman–Crippen MR) is 74.6 cm³/mol. The zero-order valence-corrected chi connectivity index (χ0v) is 12.2. The van der Waals surface area contributed by atoms with Crippen molar-refractivity contribution in [2.45, 2.75) is 32.1 Å². The number of aryl methyl sites for hydroxylation is 2. The Balaban J connectivity index is 1.86. The number of hydrogen-bond acceptors (Lipinski definition) is 4. The van der Waals surface area contributed by atoms with Crippen LogP contribution in [0.5, 0.6) is 0 Å². The first-order chi connectivity index (χ1) is 9.11. The summed E-state index contributed by atoms with van der Waals surface area (Å²) in [5.74, 6) is -0.166. The number of carbonyl (C=O) groups is 2. The lowest BCUT2D eigenvalue weighted by molar-refractivity contribution is -0.140. The third-order valence-electron chi connectivity index (χ3n) is 3.41. The number of esters is 1. The molecule has 1 aliphatic carbocycles. The van der Waals surface area contributed by atoms with Gasteiger partial charge in [0.15, 0.2) is 0 Å². The molecule has 0 saturated heterocycles. The van der Waals surface area contributed by atoms with E-state index < -0.39 is 0 Å². The van der Waals surface area contributed by atoms with Crippen molar-refractivity contribution in [3.8, 4) is 0 Å². The molecule has 5 heteroatoms. The van der Waals surface area contributed by atoms with Crippen LogP contribution in [0.25, 0.3) is 0 Å². The van der Waals surface area contributed by atoms with Crippen molar-refractivity contribution in [3.05, 3.63) is 21.4 Å². The molecule has 19 heavy (non-hydrogen) atoms. The second kappa shape index (κ2) is 6.19. The first kappa shape index (κ1) is 14.1. The first-order valence-electron chi connectivity index (χ1n) is 6.55. The topological polar surface area (TPSA) is 46.6 Å². The molecule has 1 aliphatic rings. The normalized spacial score (nSPS) is 13.2. The third-order valence-corrected chi connectivity index (χ3v) is 4.63. The van der Waals surface area contributed by atoms with Gasteiger partial charge in [0.25, 0.3) is 5.91 Å². The molecule has 0 atom stereocenters. The molecular formula is C14H19NO3S. The van der Waals surface area contributed by atoms with Crippen molar-refractivity contribution in [3.63, 3.8) is 0 Å². The molecule has 0 bridgehead atoms. The fourth-order valence-corrected chi connectivity index (χ4v) is 3.53. The number of carbonyl (C=O) groups excluding carboxylic acids is 2. The minimum atomic E-state index is -0.226. The summed E-state index contributed by atoms with van der Waals surface area (Å²) in [6.07, 6.45) is 4.42. The molecule has 1 amide bonds. The van der Waals surface area contributed by atoms with Crippen LogP contribution in [-0.4, -0.2) is 37.5 Å². The first-order valence-corrected chi connectivity index (χ1v) is 7.37. The summed E-state index contributed by atoms with van der Waals surface area (Å²) in [7, 11) is 3.16. The summed E-state index contributed by atoms with van der Waals surface area (Å²) >= 11 is 1.62. The largest absolute Gasteiger partial charge is 0.469 e. The predicted octanol–water partition coefficient (Wildman–Crippen LogP) is 2.26. The second-order valence-electron chi connectivity index (χ2n) is 4.82. The van der Waals surface area contributed by atoms with Gasteiger partial charge in [0.05, 0.1) is 12.0 Å². The van der Waals surface area contributed by atoms with Crippen molar-refractivity contribution in [1.29, 1.82) is 0 Å². The quantitative estimate of drug-likeness (QED) is 0.778. The minimum Gasteiger partial charge on any atom is -0.469 e. The molecule has 2 rings (SSSR count). The molecule has 1 heterocycles. The molecule has 0 aliphatic heterocycles. The van der Waals surface area contributed by atoms with Crippen LogP contribution in [0.3, 0.4) is 0 Å². The van der Waals surface area contributed by atoms with Gasteiger partial charge in [-0.1, -0.05) is 0 Å². The summed E-state index contributed by atoms with van der Waals surface area (Å²) < 4.78 is 4.58. The van der Waals surface area contributed by atoms with Gasteiger partial charge in [0.2, 0.25) is 0 Å². The standard InChI is InChI=1S/C14H19NO3S/c1-15(8-4-7-13(16)18-2)14(17)12-9-10-5-3-6-11(10)19-12/h9H,3-8H2,1-2H3. The number of ether oxygens (including phenoxy) is 1. The number of thiophene rings is 1. The van der Waals surface area contributed by atoms with E-state index in [1.54, 1.807) is 23.3 Å². The van der Waals surface area contributed by atoms with Gasteiger partial charge in [-0.2, -0.15) is 0 Å². The fraction of sp³-hybridized carbons (Fsp3) is 0.571. The lowest BCUT2D eigenvalue weighted by atomic mass is 10.2. The highest BCUT2D eigenvalue weighted by molar-refractivity contribution is 7.14. The lowest BCUT2D eigenvalue weighted by Gasteiger charge is -2.15. The van der Waals surface area contributed by atoms with Crippen LogP contribution in [0, 0.1) is 0 Å². The number of methoxy groups -OCH3 is 1. The maximum atomic E-state index is 12.2. The molecular weight excluding hydrogens is 262 g/mol. The number of hydrogen-bond donors (Lipinski definition) is 0. The van der Waals surface area contributed by atoms with E-state index in [0.717, 1.165) is 17.7 Å². The Morgan fingerprint density at radius 2 is 2.21 bits per heavy atom. The molecule has 0 saturated carbocycles. The Morgan fingerprint density at radius 3 is 2.89 bits per heavy atom. The zero-order valence-electron chi connectivity index (χ0n) is 11.4. The lowest BCUT2D eigenvalue weighted by Crippen LogP contribution is -2.27. The van der Waals surface area contributed by atoms with E-state index >= 15 is 0 Å². The molecule has 1 aromatic rings. The summed E-state index contributed by atoms with van der Waals surface area (Å²) in [4.78, 5) is 27.1. The molecule has 0 radical (unpaired) electrons. The van der Waals surface area contributed by atoms with Crippen molar-refractivity contribution in [1.82, 2.24) is 4.90 Å². The van der Waals surface area contributed by atoms with Crippen LogP contribution in [0.2, 0.25) is 0 Å². The number of nitrogens with zero attached hydrogens (tertiary/aromatic N) is 1. The van der Waals surface area contributed by atoms with Gasteiger partial charge >= 0.3 is 5.97 Å². The Kier molecular flexibility index (Phi) is 4.58. The van der Waals surface area contributed by atoms with Gasteiger partial charge in [-0.3, -0.25) is 9.59 Å². The summed E-state index contributed by atoms with van der Waals surface area (Å²) in [6, 6.07) is 2.03. The summed E-state index contributed by atoms with van der Waals surface area (Å²) in [5.41, 5.74) is 1.34. The van der Waals surface area contributed by atoms with E-state index in [4.69, 9.17) is 0 Å². The highest BCUT2D eigenvalue weighted by atomic mass is 32.1. The Hall–Kier alpha value is -1.36. The molecule has 0 N–H and O–H groups in total. The maximum Gasteiger partial charge on any atom is 0.305 e. The highest BCUT2D eigenvalue weighted by Gasteiger charge is 2.20. The van der Waals surface area contributed by atoms with Crippen molar-refractivity contribution < 1.29 is 14.3 Å². The van der Waals surface area contributed by atoms with E-state index in [2.05, 4.69) is 4.74 Å². The van der Waals surface area contributed by atoms with Crippen LogP contribution in [0.15, 0.2) is 6.07 Å². The molecule has 0 fully saturated rings. The molecule has 104 valence electrons. The van der Waals surface area contributed by atoms with Crippen LogP contribution in [-0.2, 0) is 22.4 Å². The fourth-order valence-electron chi connectivity index (χ4n) is 2.29. The van der Waals surface area contributed by atoms with Crippen LogP contribution in [0.4, 0.5) is 0 Å². The van der Waals surface area contributed by atoms with Gasteiger partial charge in [0, 0.05) is 24.9 Å². The molecule has 0 spiro atoms. The molecule has 0 aromatic carbocycles. The summed E-state index contributed by atoms with van der Waals surface area (Å²) in [6.45, 7) is 0.580. The Labute approximate surface area is 117 Å². The van der Waals surface area contributed by atoms with E-state index in [9.17, 15) is 9.59 Å². The van der Waals surface area contributed by atoms with Gasteiger partial charge in [-0.25, -0.2) is 0 Å². The van der Waals surface area contributed by atoms with E-state index in [1.165, 1.54) is 24.0 Å². The number of amides is 1. The van der Waals surface area contributed by atoms with Crippen molar-refractivity contribution in [2.75, 3.05) is 20.7 Å². The smallest absolute Gasteiger partial charge is 0.305 e. The molecule has 1 aromatic heterocycles. The highest BCUT2D eigenvalue weighted by Crippen LogP contribution is 2.31. The second-order valence-corrected chi connectivity index (χ2v) is 5.96. The maximum absolute atomic E-state index is 12.2. The van der Waals surface area contributed by atoms with Gasteiger partial charge in [-0.15, -0.1) is 11.3 Å². The van der Waals surface area contributed by atoms with Crippen molar-refractivity contribution in [2.24, 2.45) is 0 Å². The van der Waals surface area contributed by atoms with Gasteiger partial charge in [0.1, 0.15) is 0 Å². The monoisotopic (exact) mass is 281 g/mol. The average Bonchev–Trinajstić information content (AvgIpc) is 2.98. The van der Waals surface area contributed by atoms with Crippen LogP contribution < -0.4 is 0 Å². The number of fused-ring (bicyclic) bond motifs is 1. The van der Waals surface area contributed by atoms with E-state index in [1.807, 2.05) is 6.07 Å². The van der Waals surface area contributed by atoms with Crippen LogP contribution >= 0.6 is 11.3 Å². The number of rotatable bonds is 5. The Morgan fingerprint density at radius 1 is 1.42 bits per heavy atom. The van der Waals surface area contributed by atoms with Crippen molar-refractivity contribution >= 4 is 23.2 Å². The van der Waals surface area contributed by atoms with E-state index in [-0.39, 0.29) is 11.9 Å². The van der Waals surface area contributed by atoms with E-state index in [0.29, 0.717) is 19.4 Å². The zero-order chi connectivity index (χ0) is 13.8. The minimum absolute atomic E-state index is 0.0595. The average molecular weight is 281 g/mol. The SMILES string of the molecule is COC(=O)CCCN(C)C(=O)c1cc2c(s1)CCC2. The molecule has 0 unspecified atom stereocenters. The Bertz CT molecular complexity index is 460. The molecule has 4 nitrogen and oxygen atoms in total.